The summed E-state index contributed by atoms with van der Waals surface area (Å²) >= 11 is 0. The molecule has 0 unspecified atom stereocenters. The lowest BCUT2D eigenvalue weighted by Crippen LogP contribution is -2.58. The fraction of sp³-hybridized carbons (Fsp3) is 1.00. The number of hydrogen-bond acceptors (Lipinski definition) is 3. The first-order valence-corrected chi connectivity index (χ1v) is 13.1. The van der Waals surface area contributed by atoms with Gasteiger partial charge in [0, 0.05) is 0 Å². The predicted molar refractivity (Wildman–Crippen MR) is 122 cm³/mol. The van der Waals surface area contributed by atoms with Gasteiger partial charge in [-0.25, -0.2) is 0 Å². The third-order valence-electron chi connectivity index (χ3n) is 11.1. The Kier molecular flexibility index (Phi) is 6.41. The quantitative estimate of drug-likeness (QED) is 0.557. The van der Waals surface area contributed by atoms with Gasteiger partial charge in [-0.2, -0.15) is 0 Å². The highest BCUT2D eigenvalue weighted by atomic mass is 16.3. The van der Waals surface area contributed by atoms with Gasteiger partial charge in [0.25, 0.3) is 0 Å². The zero-order valence-corrected chi connectivity index (χ0v) is 20.2. The Labute approximate surface area is 185 Å². The number of rotatable bonds is 5. The molecule has 0 saturated heterocycles. The Morgan fingerprint density at radius 2 is 1.50 bits per heavy atom. The SMILES string of the molecule is CC(C)[C@H](O)CC[C@@H](C)[C@H]1CC[C@H]2[C@@H]3[C@H](O)C[C@@H]4C[C@H](O)CC[C@]4(C)[C@H]3CC[C@]12C. The summed E-state index contributed by atoms with van der Waals surface area (Å²) in [7, 11) is 0. The first-order valence-electron chi connectivity index (χ1n) is 13.1. The van der Waals surface area contributed by atoms with Crippen molar-refractivity contribution in [2.75, 3.05) is 0 Å². The van der Waals surface area contributed by atoms with Crippen molar-refractivity contribution in [3.05, 3.63) is 0 Å². The van der Waals surface area contributed by atoms with Gasteiger partial charge in [0.15, 0.2) is 0 Å². The lowest BCUT2D eigenvalue weighted by atomic mass is 9.43. The molecule has 0 radical (unpaired) electrons. The van der Waals surface area contributed by atoms with Crippen LogP contribution in [0.15, 0.2) is 0 Å². The zero-order chi connectivity index (χ0) is 21.8. The van der Waals surface area contributed by atoms with Gasteiger partial charge in [-0.15, -0.1) is 0 Å². The summed E-state index contributed by atoms with van der Waals surface area (Å²) in [6.07, 6.45) is 10.6. The lowest BCUT2D eigenvalue weighted by molar-refractivity contribution is -0.174. The van der Waals surface area contributed by atoms with Crippen molar-refractivity contribution >= 4 is 0 Å². The lowest BCUT2D eigenvalue weighted by Gasteiger charge is -2.62. The van der Waals surface area contributed by atoms with Crippen LogP contribution >= 0.6 is 0 Å². The van der Waals surface area contributed by atoms with Crippen LogP contribution in [0.4, 0.5) is 0 Å². The van der Waals surface area contributed by atoms with Crippen molar-refractivity contribution in [3.63, 3.8) is 0 Å². The Bertz CT molecular complexity index is 605. The molecule has 0 spiro atoms. The molecule has 0 bridgehead atoms. The second kappa shape index (κ2) is 8.34. The maximum atomic E-state index is 11.4. The molecule has 0 aliphatic heterocycles. The average molecular weight is 421 g/mol. The fourth-order valence-electron chi connectivity index (χ4n) is 9.14. The second-order valence-electron chi connectivity index (χ2n) is 12.8. The number of aliphatic hydroxyl groups is 3. The summed E-state index contributed by atoms with van der Waals surface area (Å²) in [5, 5.41) is 31.9. The highest BCUT2D eigenvalue weighted by molar-refractivity contribution is 5.11. The topological polar surface area (TPSA) is 60.7 Å². The van der Waals surface area contributed by atoms with E-state index in [1.807, 2.05) is 0 Å². The summed E-state index contributed by atoms with van der Waals surface area (Å²) in [4.78, 5) is 0. The smallest absolute Gasteiger partial charge is 0.0577 e. The van der Waals surface area contributed by atoms with Crippen LogP contribution in [-0.2, 0) is 0 Å². The molecule has 3 heteroatoms. The first-order chi connectivity index (χ1) is 14.1. The van der Waals surface area contributed by atoms with E-state index >= 15 is 0 Å². The third-order valence-corrected chi connectivity index (χ3v) is 11.1. The molecule has 4 fully saturated rings. The third kappa shape index (κ3) is 3.69. The minimum Gasteiger partial charge on any atom is -0.393 e. The molecule has 4 aliphatic rings. The number of fused-ring (bicyclic) bond motifs is 5. The van der Waals surface area contributed by atoms with Gasteiger partial charge in [0.2, 0.25) is 0 Å². The maximum absolute atomic E-state index is 11.4. The molecule has 3 N–H and O–H groups in total. The zero-order valence-electron chi connectivity index (χ0n) is 20.2. The minimum atomic E-state index is -0.181. The largest absolute Gasteiger partial charge is 0.393 e. The van der Waals surface area contributed by atoms with Crippen LogP contribution in [0.2, 0.25) is 0 Å². The Balaban J connectivity index is 1.50. The minimum absolute atomic E-state index is 0.154. The van der Waals surface area contributed by atoms with Crippen molar-refractivity contribution in [2.24, 2.45) is 52.3 Å². The van der Waals surface area contributed by atoms with E-state index in [4.69, 9.17) is 0 Å². The molecule has 4 saturated carbocycles. The van der Waals surface area contributed by atoms with Gasteiger partial charge in [-0.3, -0.25) is 0 Å². The monoisotopic (exact) mass is 420 g/mol. The fourth-order valence-corrected chi connectivity index (χ4v) is 9.14. The molecule has 0 aromatic heterocycles. The summed E-state index contributed by atoms with van der Waals surface area (Å²) < 4.78 is 0. The molecule has 0 aromatic carbocycles. The Hall–Kier alpha value is -0.120. The van der Waals surface area contributed by atoms with Gasteiger partial charge in [0.1, 0.15) is 0 Å². The molecule has 4 rings (SSSR count). The Morgan fingerprint density at radius 1 is 0.833 bits per heavy atom. The molecular weight excluding hydrogens is 372 g/mol. The van der Waals surface area contributed by atoms with Crippen LogP contribution < -0.4 is 0 Å². The second-order valence-corrected chi connectivity index (χ2v) is 12.8. The maximum Gasteiger partial charge on any atom is 0.0577 e. The normalized spacial score (nSPS) is 50.5. The predicted octanol–water partition coefficient (Wildman–Crippen LogP) is 5.41. The van der Waals surface area contributed by atoms with E-state index in [1.54, 1.807) is 0 Å². The van der Waals surface area contributed by atoms with Crippen molar-refractivity contribution in [1.29, 1.82) is 0 Å². The van der Waals surface area contributed by atoms with E-state index in [-0.39, 0.29) is 18.3 Å². The van der Waals surface area contributed by atoms with Gasteiger partial charge in [-0.1, -0.05) is 34.6 Å². The van der Waals surface area contributed by atoms with Gasteiger partial charge in [0.05, 0.1) is 18.3 Å². The molecule has 0 amide bonds. The molecule has 4 aliphatic carbocycles. The summed E-state index contributed by atoms with van der Waals surface area (Å²) in [5.74, 6) is 3.97. The Morgan fingerprint density at radius 3 is 2.20 bits per heavy atom. The summed E-state index contributed by atoms with van der Waals surface area (Å²) in [6, 6.07) is 0. The van der Waals surface area contributed by atoms with Gasteiger partial charge >= 0.3 is 0 Å². The number of hydrogen-bond donors (Lipinski definition) is 3. The molecule has 30 heavy (non-hydrogen) atoms. The summed E-state index contributed by atoms with van der Waals surface area (Å²) in [6.45, 7) is 11.7. The van der Waals surface area contributed by atoms with Gasteiger partial charge in [-0.05, 0) is 116 Å². The van der Waals surface area contributed by atoms with E-state index in [1.165, 1.54) is 25.7 Å². The van der Waals surface area contributed by atoms with E-state index < -0.39 is 0 Å². The highest BCUT2D eigenvalue weighted by Crippen LogP contribution is 2.68. The van der Waals surface area contributed by atoms with Crippen molar-refractivity contribution < 1.29 is 15.3 Å². The molecule has 3 nitrogen and oxygen atoms in total. The standard InChI is InChI=1S/C27H48O3/c1-16(2)23(29)9-6-17(3)20-7-8-21-25-22(11-13-27(20,21)5)26(4)12-10-19(28)14-18(26)15-24(25)30/h16-25,28-30H,6-15H2,1-5H3/t17-,18+,19-,20-,21+,22+,23-,24-,25+,26+,27-/m1/s1. The average Bonchev–Trinajstić information content (AvgIpc) is 3.04. The summed E-state index contributed by atoms with van der Waals surface area (Å²) in [5.41, 5.74) is 0.664. The van der Waals surface area contributed by atoms with Crippen molar-refractivity contribution in [2.45, 2.75) is 117 Å². The van der Waals surface area contributed by atoms with Gasteiger partial charge < -0.3 is 15.3 Å². The van der Waals surface area contributed by atoms with Crippen LogP contribution in [0.1, 0.15) is 98.8 Å². The van der Waals surface area contributed by atoms with Crippen LogP contribution in [0.5, 0.6) is 0 Å². The molecule has 11 atom stereocenters. The molecule has 174 valence electrons. The molecule has 0 heterocycles. The van der Waals surface area contributed by atoms with Crippen molar-refractivity contribution in [3.8, 4) is 0 Å². The van der Waals surface area contributed by atoms with Crippen LogP contribution in [0.3, 0.4) is 0 Å². The number of aliphatic hydroxyl groups excluding tert-OH is 3. The molecule has 0 aromatic rings. The van der Waals surface area contributed by atoms with Crippen LogP contribution in [0.25, 0.3) is 0 Å². The van der Waals surface area contributed by atoms with Crippen LogP contribution in [0, 0.1) is 52.3 Å². The van der Waals surface area contributed by atoms with Crippen LogP contribution in [-0.4, -0.2) is 33.6 Å². The van der Waals surface area contributed by atoms with E-state index in [0.717, 1.165) is 44.4 Å². The van der Waals surface area contributed by atoms with E-state index in [2.05, 4.69) is 34.6 Å². The molecular formula is C27H48O3. The van der Waals surface area contributed by atoms with Crippen molar-refractivity contribution in [1.82, 2.24) is 0 Å². The highest BCUT2D eigenvalue weighted by Gasteiger charge is 2.62. The van der Waals surface area contributed by atoms with E-state index in [0.29, 0.717) is 46.3 Å². The van der Waals surface area contributed by atoms with E-state index in [9.17, 15) is 15.3 Å². The first kappa shape index (κ1) is 23.1.